The van der Waals surface area contributed by atoms with Crippen molar-refractivity contribution in [2.75, 3.05) is 20.3 Å². The van der Waals surface area contributed by atoms with Crippen molar-refractivity contribution in [3.8, 4) is 0 Å². The van der Waals surface area contributed by atoms with Crippen LogP contribution in [0, 0.1) is 0 Å². The Kier molecular flexibility index (Phi) is 3.21. The van der Waals surface area contributed by atoms with E-state index in [1.807, 2.05) is 16.7 Å². The Morgan fingerprint density at radius 1 is 1.47 bits per heavy atom. The maximum Gasteiger partial charge on any atom is 0.337 e. The number of imidazole rings is 1. The summed E-state index contributed by atoms with van der Waals surface area (Å²) in [6, 6.07) is 3.57. The molecule has 0 atom stereocenters. The first-order chi connectivity index (χ1) is 9.29. The van der Waals surface area contributed by atoms with E-state index in [2.05, 4.69) is 4.98 Å². The lowest BCUT2D eigenvalue weighted by atomic mass is 9.99. The van der Waals surface area contributed by atoms with E-state index < -0.39 is 0 Å². The Morgan fingerprint density at radius 2 is 2.26 bits per heavy atom. The number of esters is 1. The number of rotatable bonds is 2. The normalized spacial score (nSPS) is 16.7. The molecule has 19 heavy (non-hydrogen) atoms. The minimum absolute atomic E-state index is 0.323. The second kappa shape index (κ2) is 5.01. The zero-order valence-electron chi connectivity index (χ0n) is 10.8. The van der Waals surface area contributed by atoms with Crippen molar-refractivity contribution in [2.24, 2.45) is 0 Å². The molecular formula is C14H16N2O3. The fourth-order valence-electron chi connectivity index (χ4n) is 2.52. The average Bonchev–Trinajstić information content (AvgIpc) is 2.90. The van der Waals surface area contributed by atoms with Gasteiger partial charge in [-0.2, -0.15) is 0 Å². The third-order valence-electron chi connectivity index (χ3n) is 3.57. The van der Waals surface area contributed by atoms with Crippen LogP contribution in [0.1, 0.15) is 34.9 Å². The number of hydrogen-bond donors (Lipinski definition) is 0. The summed E-state index contributed by atoms with van der Waals surface area (Å²) in [7, 11) is 1.39. The number of carbonyl (C=O) groups is 1. The highest BCUT2D eigenvalue weighted by molar-refractivity contribution is 5.90. The molecule has 3 heterocycles. The van der Waals surface area contributed by atoms with Gasteiger partial charge in [0.15, 0.2) is 0 Å². The Balaban J connectivity index is 1.97. The van der Waals surface area contributed by atoms with Crippen molar-refractivity contribution >= 4 is 11.5 Å². The van der Waals surface area contributed by atoms with Gasteiger partial charge in [0.05, 0.1) is 24.4 Å². The smallest absolute Gasteiger partial charge is 0.337 e. The van der Waals surface area contributed by atoms with Crippen LogP contribution in [0.5, 0.6) is 0 Å². The summed E-state index contributed by atoms with van der Waals surface area (Å²) in [6.45, 7) is 1.58. The molecule has 0 amide bonds. The minimum Gasteiger partial charge on any atom is -0.465 e. The molecule has 5 nitrogen and oxygen atoms in total. The van der Waals surface area contributed by atoms with Gasteiger partial charge in [-0.05, 0) is 25.0 Å². The highest BCUT2D eigenvalue weighted by Crippen LogP contribution is 2.26. The Morgan fingerprint density at radius 3 is 3.00 bits per heavy atom. The van der Waals surface area contributed by atoms with Gasteiger partial charge in [0.1, 0.15) is 5.82 Å². The Hall–Kier alpha value is -1.88. The Labute approximate surface area is 111 Å². The number of pyridine rings is 1. The molecule has 0 aromatic carbocycles. The number of ether oxygens (including phenoxy) is 2. The molecule has 0 N–H and O–H groups in total. The van der Waals surface area contributed by atoms with Gasteiger partial charge in [0, 0.05) is 25.3 Å². The van der Waals surface area contributed by atoms with Crippen LogP contribution in [0.2, 0.25) is 0 Å². The van der Waals surface area contributed by atoms with Crippen LogP contribution in [0.15, 0.2) is 24.5 Å². The molecule has 0 aliphatic carbocycles. The summed E-state index contributed by atoms with van der Waals surface area (Å²) < 4.78 is 12.1. The van der Waals surface area contributed by atoms with Crippen LogP contribution in [0.25, 0.3) is 5.52 Å². The zero-order valence-corrected chi connectivity index (χ0v) is 10.8. The van der Waals surface area contributed by atoms with Crippen LogP contribution in [0.3, 0.4) is 0 Å². The van der Waals surface area contributed by atoms with Crippen molar-refractivity contribution in [2.45, 2.75) is 18.8 Å². The SMILES string of the molecule is COC(=O)c1ccn2c(C3CCOCC3)ncc2c1. The fraction of sp³-hybridized carbons (Fsp3) is 0.429. The number of hydrogen-bond acceptors (Lipinski definition) is 4. The molecule has 3 rings (SSSR count). The predicted octanol–water partition coefficient (Wildman–Crippen LogP) is 2.01. The second-order valence-electron chi connectivity index (χ2n) is 4.70. The first-order valence-electron chi connectivity index (χ1n) is 6.42. The predicted molar refractivity (Wildman–Crippen MR) is 69.3 cm³/mol. The number of fused-ring (bicyclic) bond motifs is 1. The summed E-state index contributed by atoms with van der Waals surface area (Å²) in [5.41, 5.74) is 1.47. The van der Waals surface area contributed by atoms with E-state index in [-0.39, 0.29) is 5.97 Å². The maximum absolute atomic E-state index is 11.5. The molecule has 1 fully saturated rings. The van der Waals surface area contributed by atoms with E-state index in [0.29, 0.717) is 11.5 Å². The lowest BCUT2D eigenvalue weighted by Gasteiger charge is -2.21. The van der Waals surface area contributed by atoms with Crippen molar-refractivity contribution < 1.29 is 14.3 Å². The van der Waals surface area contributed by atoms with E-state index in [4.69, 9.17) is 9.47 Å². The van der Waals surface area contributed by atoms with Gasteiger partial charge in [-0.25, -0.2) is 9.78 Å². The molecule has 0 spiro atoms. The molecule has 1 aliphatic rings. The van der Waals surface area contributed by atoms with Gasteiger partial charge in [0.25, 0.3) is 0 Å². The quantitative estimate of drug-likeness (QED) is 0.775. The van der Waals surface area contributed by atoms with Crippen molar-refractivity contribution in [3.63, 3.8) is 0 Å². The lowest BCUT2D eigenvalue weighted by molar-refractivity contribution is 0.0600. The van der Waals surface area contributed by atoms with Gasteiger partial charge in [0.2, 0.25) is 0 Å². The third-order valence-corrected chi connectivity index (χ3v) is 3.57. The molecular weight excluding hydrogens is 244 g/mol. The van der Waals surface area contributed by atoms with Crippen LogP contribution >= 0.6 is 0 Å². The van der Waals surface area contributed by atoms with E-state index in [1.165, 1.54) is 7.11 Å². The first-order valence-corrected chi connectivity index (χ1v) is 6.42. The van der Waals surface area contributed by atoms with E-state index in [0.717, 1.165) is 37.4 Å². The molecule has 1 saturated heterocycles. The highest BCUT2D eigenvalue weighted by Gasteiger charge is 2.20. The van der Waals surface area contributed by atoms with Gasteiger partial charge in [-0.15, -0.1) is 0 Å². The van der Waals surface area contributed by atoms with Crippen LogP contribution in [-0.4, -0.2) is 35.7 Å². The molecule has 2 aromatic heterocycles. The van der Waals surface area contributed by atoms with E-state index in [9.17, 15) is 4.79 Å². The molecule has 2 aromatic rings. The molecule has 0 bridgehead atoms. The summed E-state index contributed by atoms with van der Waals surface area (Å²) >= 11 is 0. The standard InChI is InChI=1S/C14H16N2O3/c1-18-14(17)11-2-5-16-12(8-11)9-15-13(16)10-3-6-19-7-4-10/h2,5,8-10H,3-4,6-7H2,1H3. The molecule has 5 heteroatoms. The van der Waals surface area contributed by atoms with Crippen LogP contribution in [-0.2, 0) is 9.47 Å². The van der Waals surface area contributed by atoms with Gasteiger partial charge < -0.3 is 13.9 Å². The number of methoxy groups -OCH3 is 1. The maximum atomic E-state index is 11.5. The van der Waals surface area contributed by atoms with Crippen LogP contribution in [0.4, 0.5) is 0 Å². The average molecular weight is 260 g/mol. The molecule has 0 saturated carbocycles. The minimum atomic E-state index is -0.323. The number of aromatic nitrogens is 2. The van der Waals surface area contributed by atoms with Gasteiger partial charge in [-0.3, -0.25) is 0 Å². The van der Waals surface area contributed by atoms with Crippen molar-refractivity contribution in [1.29, 1.82) is 0 Å². The molecule has 0 unspecified atom stereocenters. The molecule has 1 aliphatic heterocycles. The second-order valence-corrected chi connectivity index (χ2v) is 4.70. The fourth-order valence-corrected chi connectivity index (χ4v) is 2.52. The molecule has 100 valence electrons. The van der Waals surface area contributed by atoms with Crippen molar-refractivity contribution in [1.82, 2.24) is 9.38 Å². The topological polar surface area (TPSA) is 52.8 Å². The highest BCUT2D eigenvalue weighted by atomic mass is 16.5. The summed E-state index contributed by atoms with van der Waals surface area (Å²) in [5.74, 6) is 1.16. The largest absolute Gasteiger partial charge is 0.465 e. The van der Waals surface area contributed by atoms with E-state index >= 15 is 0 Å². The number of nitrogens with zero attached hydrogens (tertiary/aromatic N) is 2. The Bertz CT molecular complexity index is 600. The van der Waals surface area contributed by atoms with Crippen LogP contribution < -0.4 is 0 Å². The van der Waals surface area contributed by atoms with E-state index in [1.54, 1.807) is 12.3 Å². The van der Waals surface area contributed by atoms with Gasteiger partial charge in [-0.1, -0.05) is 0 Å². The summed E-state index contributed by atoms with van der Waals surface area (Å²) in [5, 5.41) is 0. The summed E-state index contributed by atoms with van der Waals surface area (Å²) in [6.07, 6.45) is 5.69. The first kappa shape index (κ1) is 12.2. The zero-order chi connectivity index (χ0) is 13.2. The monoisotopic (exact) mass is 260 g/mol. The third kappa shape index (κ3) is 2.21. The van der Waals surface area contributed by atoms with Crippen molar-refractivity contribution in [3.05, 3.63) is 35.9 Å². The summed E-state index contributed by atoms with van der Waals surface area (Å²) in [4.78, 5) is 16.0. The van der Waals surface area contributed by atoms with Gasteiger partial charge >= 0.3 is 5.97 Å². The molecule has 0 radical (unpaired) electrons. The lowest BCUT2D eigenvalue weighted by Crippen LogP contribution is -2.16. The number of carbonyl (C=O) groups excluding carboxylic acids is 1.